The topological polar surface area (TPSA) is 82.6 Å². The van der Waals surface area contributed by atoms with Gasteiger partial charge < -0.3 is 14.2 Å². The van der Waals surface area contributed by atoms with Crippen LogP contribution >= 0.6 is 0 Å². The Labute approximate surface area is 140 Å². The Kier molecular flexibility index (Phi) is 4.06. The molecule has 1 aliphatic heterocycles. The summed E-state index contributed by atoms with van der Waals surface area (Å²) in [5.74, 6) is -0.735. The largest absolute Gasteiger partial charge is 0.371 e. The number of nitrogens with zero attached hydrogens (tertiary/aromatic N) is 1. The average Bonchev–Trinajstić information content (AvgIpc) is 2.90. The highest BCUT2D eigenvalue weighted by atomic mass is 16.8. The summed E-state index contributed by atoms with van der Waals surface area (Å²) in [7, 11) is 0. The molecule has 1 N–H and O–H groups in total. The maximum absolute atomic E-state index is 12.2. The summed E-state index contributed by atoms with van der Waals surface area (Å²) in [5, 5.41) is 0. The lowest BCUT2D eigenvalue weighted by Crippen LogP contribution is -2.37. The van der Waals surface area contributed by atoms with E-state index in [2.05, 4.69) is 4.98 Å². The first-order valence-corrected chi connectivity index (χ1v) is 8.07. The lowest BCUT2D eigenvalue weighted by atomic mass is 10.1. The van der Waals surface area contributed by atoms with Crippen molar-refractivity contribution in [2.75, 3.05) is 6.61 Å². The van der Waals surface area contributed by atoms with E-state index in [4.69, 9.17) is 14.2 Å². The fourth-order valence-corrected chi connectivity index (χ4v) is 3.07. The highest BCUT2D eigenvalue weighted by molar-refractivity contribution is 5.26. The molecule has 1 saturated heterocycles. The van der Waals surface area contributed by atoms with Crippen molar-refractivity contribution >= 4 is 0 Å². The van der Waals surface area contributed by atoms with Gasteiger partial charge in [-0.2, -0.15) is 0 Å². The van der Waals surface area contributed by atoms with Gasteiger partial charge in [0.25, 0.3) is 5.56 Å². The molecule has 3 rings (SSSR count). The van der Waals surface area contributed by atoms with Gasteiger partial charge in [-0.15, -0.1) is 0 Å². The van der Waals surface area contributed by atoms with Gasteiger partial charge in [0.1, 0.15) is 12.2 Å². The number of hydrogen-bond acceptors (Lipinski definition) is 5. The zero-order chi connectivity index (χ0) is 17.7. The van der Waals surface area contributed by atoms with Crippen LogP contribution < -0.4 is 11.2 Å². The molecule has 7 nitrogen and oxygen atoms in total. The summed E-state index contributed by atoms with van der Waals surface area (Å²) in [4.78, 5) is 25.7. The summed E-state index contributed by atoms with van der Waals surface area (Å²) in [6, 6.07) is 0.981. The molecule has 1 aromatic heterocycles. The first-order valence-electron chi connectivity index (χ1n) is 8.07. The lowest BCUT2D eigenvalue weighted by molar-refractivity contribution is -0.148. The Balaban J connectivity index is 1.94. The van der Waals surface area contributed by atoms with Crippen LogP contribution in [0, 0.1) is 0 Å². The Morgan fingerprint density at radius 3 is 2.62 bits per heavy atom. The van der Waals surface area contributed by atoms with Gasteiger partial charge in [-0.25, -0.2) is 4.79 Å². The summed E-state index contributed by atoms with van der Waals surface area (Å²) in [5.41, 5.74) is -0.217. The molecule has 1 unspecified atom stereocenters. The van der Waals surface area contributed by atoms with E-state index >= 15 is 0 Å². The third-order valence-corrected chi connectivity index (χ3v) is 4.06. The van der Waals surface area contributed by atoms with Crippen molar-refractivity contribution in [1.29, 1.82) is 0 Å². The molecule has 0 aromatic carbocycles. The number of nitrogens with one attached hydrogen (secondary N) is 1. The fraction of sp³-hybridized carbons (Fsp3) is 0.647. The number of ether oxygens (including phenoxy) is 3. The predicted octanol–water partition coefficient (Wildman–Crippen LogP) is 1.35. The highest BCUT2D eigenvalue weighted by Gasteiger charge is 2.50. The normalized spacial score (nSPS) is 28.7. The van der Waals surface area contributed by atoms with E-state index in [0.717, 1.165) is 5.57 Å². The van der Waals surface area contributed by atoms with Gasteiger partial charge >= 0.3 is 5.69 Å². The van der Waals surface area contributed by atoms with Crippen LogP contribution in [0.2, 0.25) is 0 Å². The molecule has 3 atom stereocenters. The third kappa shape index (κ3) is 3.38. The molecule has 1 aliphatic carbocycles. The smallest absolute Gasteiger partial charge is 0.328 e. The van der Waals surface area contributed by atoms with E-state index in [1.165, 1.54) is 16.8 Å². The molecule has 0 amide bonds. The Morgan fingerprint density at radius 2 is 2.00 bits per heavy atom. The Bertz CT molecular complexity index is 768. The van der Waals surface area contributed by atoms with Crippen LogP contribution in [0.1, 0.15) is 40.7 Å². The molecule has 7 heteroatoms. The zero-order valence-corrected chi connectivity index (χ0v) is 14.7. The first kappa shape index (κ1) is 17.1. The monoisotopic (exact) mass is 336 g/mol. The van der Waals surface area contributed by atoms with Crippen molar-refractivity contribution in [2.45, 2.75) is 64.3 Å². The number of aromatic amines is 1. The van der Waals surface area contributed by atoms with Crippen LogP contribution in [-0.4, -0.2) is 39.8 Å². The number of rotatable bonds is 3. The van der Waals surface area contributed by atoms with E-state index in [0.29, 0.717) is 6.61 Å². The summed E-state index contributed by atoms with van der Waals surface area (Å²) in [6.45, 7) is 10.1. The lowest BCUT2D eigenvalue weighted by Gasteiger charge is -2.23. The van der Waals surface area contributed by atoms with Crippen molar-refractivity contribution in [3.63, 3.8) is 0 Å². The Morgan fingerprint density at radius 1 is 1.29 bits per heavy atom. The minimum atomic E-state index is -0.735. The molecular formula is C17H24N2O5. The van der Waals surface area contributed by atoms with Gasteiger partial charge in [-0.1, -0.05) is 6.08 Å². The van der Waals surface area contributed by atoms with Gasteiger partial charge in [0.05, 0.1) is 18.2 Å². The van der Waals surface area contributed by atoms with Gasteiger partial charge in [-0.05, 0) is 40.2 Å². The van der Waals surface area contributed by atoms with Crippen molar-refractivity contribution < 1.29 is 14.2 Å². The molecule has 0 radical (unpaired) electrons. The van der Waals surface area contributed by atoms with Gasteiger partial charge in [0, 0.05) is 12.3 Å². The second-order valence-electron chi connectivity index (χ2n) is 7.67. The minimum Gasteiger partial charge on any atom is -0.371 e. The SMILES string of the molecule is CC(C)(C)OCC1=CC(n2ccc(=O)[nH]c2=O)[C@H]2OC(C)(C)O[C@@H]12. The van der Waals surface area contributed by atoms with Crippen molar-refractivity contribution in [2.24, 2.45) is 0 Å². The zero-order valence-electron chi connectivity index (χ0n) is 14.7. The second-order valence-corrected chi connectivity index (χ2v) is 7.67. The minimum absolute atomic E-state index is 0.272. The standard InChI is InChI=1S/C17H24N2O5/c1-16(2,3)22-9-10-8-11(14-13(10)23-17(4,5)24-14)19-7-6-12(20)18-15(19)21/h6-8,11,13-14H,9H2,1-5H3,(H,18,20,21)/t11?,13-,14+/m0/s1. The molecule has 2 heterocycles. The molecule has 0 bridgehead atoms. The van der Waals surface area contributed by atoms with E-state index in [1.54, 1.807) is 0 Å². The molecule has 24 heavy (non-hydrogen) atoms. The van der Waals surface area contributed by atoms with E-state index in [-0.39, 0.29) is 23.9 Å². The van der Waals surface area contributed by atoms with Gasteiger partial charge in [0.2, 0.25) is 0 Å². The quantitative estimate of drug-likeness (QED) is 0.843. The van der Waals surface area contributed by atoms with Crippen LogP contribution in [0.4, 0.5) is 0 Å². The van der Waals surface area contributed by atoms with Crippen molar-refractivity contribution in [1.82, 2.24) is 9.55 Å². The van der Waals surface area contributed by atoms with Gasteiger partial charge in [0.15, 0.2) is 5.79 Å². The second kappa shape index (κ2) is 5.68. The van der Waals surface area contributed by atoms with E-state index in [9.17, 15) is 9.59 Å². The van der Waals surface area contributed by atoms with Crippen LogP contribution in [0.3, 0.4) is 0 Å². The third-order valence-electron chi connectivity index (χ3n) is 4.06. The molecule has 2 aliphatic rings. The predicted molar refractivity (Wildman–Crippen MR) is 88.0 cm³/mol. The Hall–Kier alpha value is -1.70. The number of H-pyrrole nitrogens is 1. The molecule has 1 aromatic rings. The maximum atomic E-state index is 12.2. The van der Waals surface area contributed by atoms with Crippen LogP contribution in [-0.2, 0) is 14.2 Å². The maximum Gasteiger partial charge on any atom is 0.328 e. The van der Waals surface area contributed by atoms with Crippen LogP contribution in [0.25, 0.3) is 0 Å². The molecule has 1 fully saturated rings. The summed E-state index contributed by atoms with van der Waals surface area (Å²) >= 11 is 0. The molecule has 132 valence electrons. The molecular weight excluding hydrogens is 312 g/mol. The average molecular weight is 336 g/mol. The van der Waals surface area contributed by atoms with Gasteiger partial charge in [-0.3, -0.25) is 14.3 Å². The first-order chi connectivity index (χ1) is 11.1. The number of aromatic nitrogens is 2. The van der Waals surface area contributed by atoms with Crippen molar-refractivity contribution in [3.05, 3.63) is 44.8 Å². The number of fused-ring (bicyclic) bond motifs is 1. The summed E-state index contributed by atoms with van der Waals surface area (Å²) < 4.78 is 19.4. The fourth-order valence-electron chi connectivity index (χ4n) is 3.07. The van der Waals surface area contributed by atoms with E-state index in [1.807, 2.05) is 40.7 Å². The van der Waals surface area contributed by atoms with Crippen molar-refractivity contribution in [3.8, 4) is 0 Å². The molecule has 0 saturated carbocycles. The van der Waals surface area contributed by atoms with Crippen LogP contribution in [0.15, 0.2) is 33.5 Å². The van der Waals surface area contributed by atoms with Crippen LogP contribution in [0.5, 0.6) is 0 Å². The van der Waals surface area contributed by atoms with E-state index < -0.39 is 17.0 Å². The number of hydrogen-bond donors (Lipinski definition) is 1. The molecule has 0 spiro atoms. The highest BCUT2D eigenvalue weighted by Crippen LogP contribution is 2.43. The summed E-state index contributed by atoms with van der Waals surface area (Å²) in [6.07, 6.45) is 2.82.